The molecule has 5 unspecified atom stereocenters. The van der Waals surface area contributed by atoms with Gasteiger partial charge < -0.3 is 10.1 Å². The summed E-state index contributed by atoms with van der Waals surface area (Å²) in [4.78, 5) is 2.77. The van der Waals surface area contributed by atoms with E-state index in [9.17, 15) is 0 Å². The fraction of sp³-hybridized carbons (Fsp3) is 1.00. The van der Waals surface area contributed by atoms with Gasteiger partial charge in [-0.15, -0.1) is 0 Å². The van der Waals surface area contributed by atoms with Gasteiger partial charge in [0.2, 0.25) is 0 Å². The van der Waals surface area contributed by atoms with E-state index in [1.54, 1.807) is 0 Å². The Morgan fingerprint density at radius 1 is 1.19 bits per heavy atom. The largest absolute Gasteiger partial charge is 0.378 e. The first-order valence-electron chi connectivity index (χ1n) is 9.24. The second-order valence-corrected chi connectivity index (χ2v) is 7.27. The van der Waals surface area contributed by atoms with Gasteiger partial charge in [-0.3, -0.25) is 4.90 Å². The van der Waals surface area contributed by atoms with Crippen molar-refractivity contribution >= 4 is 0 Å². The molecule has 2 saturated heterocycles. The molecule has 3 heteroatoms. The van der Waals surface area contributed by atoms with Crippen molar-refractivity contribution in [3.8, 4) is 0 Å². The molecule has 0 amide bonds. The average molecular weight is 296 g/mol. The van der Waals surface area contributed by atoms with E-state index in [-0.39, 0.29) is 0 Å². The minimum Gasteiger partial charge on any atom is -0.378 e. The molecule has 0 aromatic heterocycles. The Morgan fingerprint density at radius 2 is 1.95 bits per heavy atom. The van der Waals surface area contributed by atoms with Crippen molar-refractivity contribution in [3.63, 3.8) is 0 Å². The minimum absolute atomic E-state index is 0.527. The lowest BCUT2D eigenvalue weighted by molar-refractivity contribution is 0.0475. The predicted octanol–water partition coefficient (Wildman–Crippen LogP) is 3.29. The van der Waals surface area contributed by atoms with Crippen LogP contribution >= 0.6 is 0 Å². The van der Waals surface area contributed by atoms with Crippen molar-refractivity contribution in [2.24, 2.45) is 11.8 Å². The number of nitrogens with one attached hydrogen (secondary N) is 1. The number of rotatable bonds is 7. The van der Waals surface area contributed by atoms with Crippen LogP contribution in [0.5, 0.6) is 0 Å². The van der Waals surface area contributed by atoms with Gasteiger partial charge in [0.25, 0.3) is 0 Å². The normalized spacial score (nSPS) is 34.0. The molecule has 0 radical (unpaired) electrons. The third-order valence-electron chi connectivity index (χ3n) is 5.88. The maximum atomic E-state index is 5.82. The second-order valence-electron chi connectivity index (χ2n) is 7.27. The molecule has 21 heavy (non-hydrogen) atoms. The van der Waals surface area contributed by atoms with Crippen LogP contribution in [-0.4, -0.2) is 49.3 Å². The highest BCUT2D eigenvalue weighted by atomic mass is 16.5. The molecule has 2 fully saturated rings. The van der Waals surface area contributed by atoms with E-state index in [0.29, 0.717) is 18.2 Å². The summed E-state index contributed by atoms with van der Waals surface area (Å²) in [5.41, 5.74) is 0. The Labute approximate surface area is 131 Å². The van der Waals surface area contributed by atoms with Crippen LogP contribution in [0.3, 0.4) is 0 Å². The second kappa shape index (κ2) is 8.50. The van der Waals surface area contributed by atoms with E-state index in [1.165, 1.54) is 45.2 Å². The summed E-state index contributed by atoms with van der Waals surface area (Å²) in [5, 5.41) is 3.82. The summed E-state index contributed by atoms with van der Waals surface area (Å²) in [6.07, 6.45) is 6.83. The summed E-state index contributed by atoms with van der Waals surface area (Å²) < 4.78 is 5.82. The number of nitrogens with zero attached hydrogens (tertiary/aromatic N) is 1. The maximum Gasteiger partial charge on any atom is 0.0588 e. The smallest absolute Gasteiger partial charge is 0.0588 e. The predicted molar refractivity (Wildman–Crippen MR) is 89.7 cm³/mol. The van der Waals surface area contributed by atoms with Crippen molar-refractivity contribution in [2.45, 2.75) is 78.0 Å². The van der Waals surface area contributed by atoms with Crippen molar-refractivity contribution in [1.29, 1.82) is 0 Å². The summed E-state index contributed by atoms with van der Waals surface area (Å²) >= 11 is 0. The molecule has 0 bridgehead atoms. The Bertz CT molecular complexity index is 291. The highest BCUT2D eigenvalue weighted by molar-refractivity contribution is 4.90. The summed E-state index contributed by atoms with van der Waals surface area (Å²) in [6, 6.07) is 1.37. The van der Waals surface area contributed by atoms with Gasteiger partial charge in [0.1, 0.15) is 0 Å². The molecule has 2 heterocycles. The first-order valence-corrected chi connectivity index (χ1v) is 9.24. The Kier molecular flexibility index (Phi) is 6.97. The van der Waals surface area contributed by atoms with Gasteiger partial charge in [0, 0.05) is 38.3 Å². The highest BCUT2D eigenvalue weighted by Gasteiger charge is 2.32. The molecule has 0 aromatic rings. The van der Waals surface area contributed by atoms with Crippen LogP contribution in [0.4, 0.5) is 0 Å². The summed E-state index contributed by atoms with van der Waals surface area (Å²) in [7, 11) is 0. The van der Waals surface area contributed by atoms with Crippen molar-refractivity contribution < 1.29 is 4.74 Å². The molecule has 5 atom stereocenters. The van der Waals surface area contributed by atoms with Crippen molar-refractivity contribution in [3.05, 3.63) is 0 Å². The minimum atomic E-state index is 0.527. The van der Waals surface area contributed by atoms with E-state index in [1.807, 2.05) is 0 Å². The fourth-order valence-electron chi connectivity index (χ4n) is 3.79. The first kappa shape index (κ1) is 17.2. The van der Waals surface area contributed by atoms with Crippen LogP contribution in [-0.2, 0) is 4.74 Å². The quantitative estimate of drug-likeness (QED) is 0.780. The summed E-state index contributed by atoms with van der Waals surface area (Å²) in [5.74, 6) is 1.55. The molecule has 2 aliphatic heterocycles. The Morgan fingerprint density at radius 3 is 2.57 bits per heavy atom. The topological polar surface area (TPSA) is 24.5 Å². The first-order chi connectivity index (χ1) is 10.2. The van der Waals surface area contributed by atoms with Crippen LogP contribution in [0.2, 0.25) is 0 Å². The van der Waals surface area contributed by atoms with Gasteiger partial charge in [-0.2, -0.15) is 0 Å². The van der Waals surface area contributed by atoms with Crippen LogP contribution in [0, 0.1) is 11.8 Å². The Balaban J connectivity index is 1.91. The molecular formula is C18H36N2O. The highest BCUT2D eigenvalue weighted by Crippen LogP contribution is 2.23. The van der Waals surface area contributed by atoms with Crippen LogP contribution in [0.1, 0.15) is 59.8 Å². The number of ether oxygens (including phenoxy) is 1. The lowest BCUT2D eigenvalue weighted by Gasteiger charge is -2.45. The molecule has 124 valence electrons. The van der Waals surface area contributed by atoms with Gasteiger partial charge in [0.15, 0.2) is 0 Å². The van der Waals surface area contributed by atoms with Crippen LogP contribution < -0.4 is 5.32 Å². The van der Waals surface area contributed by atoms with Crippen LogP contribution in [0.25, 0.3) is 0 Å². The maximum absolute atomic E-state index is 5.82. The van der Waals surface area contributed by atoms with E-state index in [0.717, 1.165) is 25.0 Å². The third kappa shape index (κ3) is 4.67. The number of piperazine rings is 1. The zero-order chi connectivity index (χ0) is 15.2. The number of hydrogen-bond acceptors (Lipinski definition) is 3. The molecule has 0 saturated carbocycles. The molecule has 0 spiro atoms. The summed E-state index contributed by atoms with van der Waals surface area (Å²) in [6.45, 7) is 14.0. The molecule has 0 aliphatic carbocycles. The van der Waals surface area contributed by atoms with Gasteiger partial charge in [-0.1, -0.05) is 40.5 Å². The molecule has 2 aliphatic rings. The van der Waals surface area contributed by atoms with E-state index >= 15 is 0 Å². The van der Waals surface area contributed by atoms with E-state index in [2.05, 4.69) is 37.9 Å². The lowest BCUT2D eigenvalue weighted by Crippen LogP contribution is -2.60. The zero-order valence-corrected chi connectivity index (χ0v) is 14.6. The van der Waals surface area contributed by atoms with Gasteiger partial charge in [-0.25, -0.2) is 0 Å². The van der Waals surface area contributed by atoms with Crippen molar-refractivity contribution in [2.75, 3.05) is 26.2 Å². The lowest BCUT2D eigenvalue weighted by atomic mass is 9.90. The van der Waals surface area contributed by atoms with Gasteiger partial charge in [-0.05, 0) is 31.1 Å². The van der Waals surface area contributed by atoms with Gasteiger partial charge in [0.05, 0.1) is 6.10 Å². The monoisotopic (exact) mass is 296 g/mol. The van der Waals surface area contributed by atoms with Crippen molar-refractivity contribution in [1.82, 2.24) is 10.2 Å². The van der Waals surface area contributed by atoms with E-state index in [4.69, 9.17) is 4.74 Å². The number of hydrogen-bond donors (Lipinski definition) is 1. The van der Waals surface area contributed by atoms with E-state index < -0.39 is 0 Å². The van der Waals surface area contributed by atoms with Gasteiger partial charge >= 0.3 is 0 Å². The molecule has 0 aromatic carbocycles. The molecule has 1 N–H and O–H groups in total. The Hall–Kier alpha value is -0.120. The molecular weight excluding hydrogens is 260 g/mol. The SMILES string of the molecule is CCC(C)C1CN(CCC2CCCO2)C(C(C)CC)CN1. The average Bonchev–Trinajstić information content (AvgIpc) is 3.04. The fourth-order valence-corrected chi connectivity index (χ4v) is 3.79. The third-order valence-corrected chi connectivity index (χ3v) is 5.88. The molecule has 2 rings (SSSR count). The van der Waals surface area contributed by atoms with Crippen LogP contribution in [0.15, 0.2) is 0 Å². The zero-order valence-electron chi connectivity index (χ0n) is 14.6. The standard InChI is InChI=1S/C18H36N2O/c1-5-14(3)17-13-20(10-9-16-8-7-11-21-16)18(12-19-17)15(4)6-2/h14-19H,5-13H2,1-4H3. The molecule has 3 nitrogen and oxygen atoms in total.